The minimum Gasteiger partial charge on any atom is -0.368 e. The second-order valence-corrected chi connectivity index (χ2v) is 9.37. The van der Waals surface area contributed by atoms with Crippen molar-refractivity contribution in [2.45, 2.75) is 6.18 Å². The van der Waals surface area contributed by atoms with E-state index in [1.807, 2.05) is 29.2 Å². The van der Waals surface area contributed by atoms with Crippen LogP contribution in [-0.4, -0.2) is 42.0 Å². The van der Waals surface area contributed by atoms with Crippen LogP contribution in [0, 0.1) is 0 Å². The van der Waals surface area contributed by atoms with Crippen LogP contribution in [0.2, 0.25) is 10.0 Å². The van der Waals surface area contributed by atoms with Crippen molar-refractivity contribution >= 4 is 45.7 Å². The lowest BCUT2D eigenvalue weighted by molar-refractivity contribution is -0.137. The molecule has 4 aromatic rings. The number of halogens is 5. The van der Waals surface area contributed by atoms with Crippen LogP contribution < -0.4 is 4.90 Å². The van der Waals surface area contributed by atoms with Crippen LogP contribution in [0.5, 0.6) is 0 Å². The predicted molar refractivity (Wildman–Crippen MR) is 137 cm³/mol. The number of para-hydroxylation sites is 1. The first-order valence-electron chi connectivity index (χ1n) is 11.3. The van der Waals surface area contributed by atoms with Gasteiger partial charge in [-0.1, -0.05) is 47.5 Å². The first kappa shape index (κ1) is 24.4. The second-order valence-electron chi connectivity index (χ2n) is 8.52. The summed E-state index contributed by atoms with van der Waals surface area (Å²) in [6.45, 7) is 1.60. The van der Waals surface area contributed by atoms with Crippen molar-refractivity contribution in [3.63, 3.8) is 0 Å². The molecule has 1 fully saturated rings. The Morgan fingerprint density at radius 1 is 0.861 bits per heavy atom. The van der Waals surface area contributed by atoms with Gasteiger partial charge >= 0.3 is 6.18 Å². The molecule has 0 spiro atoms. The monoisotopic (exact) mass is 529 g/mol. The summed E-state index contributed by atoms with van der Waals surface area (Å²) in [6.07, 6.45) is -4.40. The lowest BCUT2D eigenvalue weighted by Crippen LogP contribution is -2.48. The van der Waals surface area contributed by atoms with E-state index in [2.05, 4.69) is 0 Å². The van der Waals surface area contributed by atoms with Gasteiger partial charge in [-0.2, -0.15) is 13.2 Å². The number of anilines is 1. The van der Waals surface area contributed by atoms with E-state index < -0.39 is 11.7 Å². The normalized spacial score (nSPS) is 14.4. The highest BCUT2D eigenvalue weighted by molar-refractivity contribution is 6.36. The van der Waals surface area contributed by atoms with E-state index in [0.717, 1.165) is 17.5 Å². The number of alkyl halides is 3. The van der Waals surface area contributed by atoms with Crippen LogP contribution in [0.4, 0.5) is 18.9 Å². The number of rotatable bonds is 3. The molecule has 0 saturated carbocycles. The average molecular weight is 530 g/mol. The van der Waals surface area contributed by atoms with Gasteiger partial charge in [0, 0.05) is 47.8 Å². The average Bonchev–Trinajstić information content (AvgIpc) is 2.87. The van der Waals surface area contributed by atoms with E-state index >= 15 is 0 Å². The molecule has 0 atom stereocenters. The molecular weight excluding hydrogens is 510 g/mol. The van der Waals surface area contributed by atoms with Gasteiger partial charge in [0.25, 0.3) is 5.91 Å². The van der Waals surface area contributed by atoms with Crippen molar-refractivity contribution in [1.82, 2.24) is 9.88 Å². The topological polar surface area (TPSA) is 36.4 Å². The van der Waals surface area contributed by atoms with Gasteiger partial charge in [0.2, 0.25) is 0 Å². The quantitative estimate of drug-likeness (QED) is 0.281. The highest BCUT2D eigenvalue weighted by Gasteiger charge is 2.31. The smallest absolute Gasteiger partial charge is 0.368 e. The Morgan fingerprint density at radius 2 is 1.61 bits per heavy atom. The molecule has 1 saturated heterocycles. The number of hydrogen-bond acceptors (Lipinski definition) is 3. The Morgan fingerprint density at radius 3 is 2.33 bits per heavy atom. The first-order valence-corrected chi connectivity index (χ1v) is 12.0. The van der Waals surface area contributed by atoms with Gasteiger partial charge in [0.05, 0.1) is 27.4 Å². The van der Waals surface area contributed by atoms with Crippen molar-refractivity contribution in [3.05, 3.63) is 94.0 Å². The zero-order valence-corrected chi connectivity index (χ0v) is 20.4. The van der Waals surface area contributed by atoms with Crippen LogP contribution in [0.25, 0.3) is 22.2 Å². The number of hydrogen-bond donors (Lipinski definition) is 0. The van der Waals surface area contributed by atoms with Crippen molar-refractivity contribution in [1.29, 1.82) is 0 Å². The predicted octanol–water partition coefficient (Wildman–Crippen LogP) is 7.19. The van der Waals surface area contributed by atoms with E-state index in [9.17, 15) is 18.0 Å². The van der Waals surface area contributed by atoms with Gasteiger partial charge in [-0.15, -0.1) is 0 Å². The molecule has 3 aromatic carbocycles. The molecular formula is C27H20Cl2F3N3O. The first-order chi connectivity index (χ1) is 17.2. The van der Waals surface area contributed by atoms with E-state index in [0.29, 0.717) is 64.2 Å². The molecule has 36 heavy (non-hydrogen) atoms. The SMILES string of the molecule is O=C(c1cc(-c2ccc(Cl)cc2Cl)nc2ccccc12)N1CCN(c2cccc(C(F)(F)F)c2)CC1. The highest BCUT2D eigenvalue weighted by Crippen LogP contribution is 2.34. The van der Waals surface area contributed by atoms with Crippen LogP contribution >= 0.6 is 23.2 Å². The molecule has 0 radical (unpaired) electrons. The summed E-state index contributed by atoms with van der Waals surface area (Å²) < 4.78 is 39.4. The standard InChI is InChI=1S/C27H20Cl2F3N3O/c28-18-8-9-21(23(29)15-18)25-16-22(20-6-1-2-7-24(20)33-25)26(36)35-12-10-34(11-13-35)19-5-3-4-17(14-19)27(30,31)32/h1-9,14-16H,10-13H2. The lowest BCUT2D eigenvalue weighted by Gasteiger charge is -2.36. The fraction of sp³-hybridized carbons (Fsp3) is 0.185. The van der Waals surface area contributed by atoms with E-state index in [-0.39, 0.29) is 5.91 Å². The molecule has 0 bridgehead atoms. The number of piperazine rings is 1. The maximum Gasteiger partial charge on any atom is 0.416 e. The number of aromatic nitrogens is 1. The number of amides is 1. The molecule has 1 aliphatic rings. The number of nitrogens with zero attached hydrogens (tertiary/aromatic N) is 3. The summed E-state index contributed by atoms with van der Waals surface area (Å²) in [5.74, 6) is -0.163. The van der Waals surface area contributed by atoms with Crippen LogP contribution in [0.15, 0.2) is 72.8 Å². The lowest BCUT2D eigenvalue weighted by atomic mass is 10.0. The minimum atomic E-state index is -4.40. The second kappa shape index (κ2) is 9.64. The molecule has 0 N–H and O–H groups in total. The number of carbonyl (C=O) groups excluding carboxylic acids is 1. The molecule has 1 amide bonds. The molecule has 2 heterocycles. The Bertz CT molecular complexity index is 1450. The van der Waals surface area contributed by atoms with Crippen LogP contribution in [-0.2, 0) is 6.18 Å². The van der Waals surface area contributed by atoms with Gasteiger partial charge in [0.1, 0.15) is 0 Å². The van der Waals surface area contributed by atoms with Gasteiger partial charge in [-0.3, -0.25) is 4.79 Å². The van der Waals surface area contributed by atoms with Crippen LogP contribution in [0.1, 0.15) is 15.9 Å². The molecule has 1 aliphatic heterocycles. The molecule has 0 aliphatic carbocycles. The van der Waals surface area contributed by atoms with Gasteiger partial charge < -0.3 is 9.80 Å². The number of benzene rings is 3. The zero-order chi connectivity index (χ0) is 25.4. The van der Waals surface area contributed by atoms with E-state index in [4.69, 9.17) is 28.2 Å². The zero-order valence-electron chi connectivity index (χ0n) is 18.9. The number of fused-ring (bicyclic) bond motifs is 1. The molecule has 9 heteroatoms. The summed E-state index contributed by atoms with van der Waals surface area (Å²) in [5.41, 5.74) is 2.18. The molecule has 184 valence electrons. The number of carbonyl (C=O) groups is 1. The summed E-state index contributed by atoms with van der Waals surface area (Å²) in [7, 11) is 0. The summed E-state index contributed by atoms with van der Waals surface area (Å²) >= 11 is 12.5. The third-order valence-corrected chi connectivity index (χ3v) is 6.81. The summed E-state index contributed by atoms with van der Waals surface area (Å²) in [5, 5.41) is 1.65. The summed E-state index contributed by atoms with van der Waals surface area (Å²) in [6, 6.07) is 19.5. The Hall–Kier alpha value is -3.29. The summed E-state index contributed by atoms with van der Waals surface area (Å²) in [4.78, 5) is 21.9. The third-order valence-electron chi connectivity index (χ3n) is 6.26. The van der Waals surface area contributed by atoms with Gasteiger partial charge in [0.15, 0.2) is 0 Å². The van der Waals surface area contributed by atoms with Crippen molar-refractivity contribution in [2.24, 2.45) is 0 Å². The van der Waals surface area contributed by atoms with Crippen LogP contribution in [0.3, 0.4) is 0 Å². The fourth-order valence-corrected chi connectivity index (χ4v) is 4.91. The van der Waals surface area contributed by atoms with Crippen molar-refractivity contribution in [2.75, 3.05) is 31.1 Å². The van der Waals surface area contributed by atoms with Crippen molar-refractivity contribution < 1.29 is 18.0 Å². The molecule has 1 aromatic heterocycles. The minimum absolute atomic E-state index is 0.163. The maximum absolute atomic E-state index is 13.6. The Labute approximate surface area is 215 Å². The Balaban J connectivity index is 1.42. The Kier molecular flexibility index (Phi) is 6.53. The largest absolute Gasteiger partial charge is 0.416 e. The third kappa shape index (κ3) is 4.86. The maximum atomic E-state index is 13.6. The van der Waals surface area contributed by atoms with Gasteiger partial charge in [-0.05, 0) is 48.5 Å². The van der Waals surface area contributed by atoms with Gasteiger partial charge in [-0.25, -0.2) is 4.98 Å². The fourth-order valence-electron chi connectivity index (χ4n) is 4.40. The molecule has 4 nitrogen and oxygen atoms in total. The van der Waals surface area contributed by atoms with Crippen molar-refractivity contribution in [3.8, 4) is 11.3 Å². The van der Waals surface area contributed by atoms with E-state index in [1.165, 1.54) is 6.07 Å². The number of pyridine rings is 1. The molecule has 0 unspecified atom stereocenters. The highest BCUT2D eigenvalue weighted by atomic mass is 35.5. The van der Waals surface area contributed by atoms with E-state index in [1.54, 1.807) is 35.2 Å². The molecule has 5 rings (SSSR count).